The Morgan fingerprint density at radius 3 is 2.43 bits per heavy atom. The fraction of sp³-hybridized carbons (Fsp3) is 0.351. The standard InChI is InChI=1S/C37H42/c1-8-13-23(4)35-25(6)19-32-21-31(22-34-24(5)18-29-14-11-12-15-33(29)34)26(7)36(32)37(35)30-17-16-27(9-2)28(10-3)20-30/h11-12,14-17,19-20,22,36-37H,4,7-10,13,18,21H2,1-3,5-6H3/b31-22+. The summed E-state index contributed by atoms with van der Waals surface area (Å²) in [5, 5.41) is 0. The molecule has 0 amide bonds. The molecule has 0 spiro atoms. The molecule has 0 bridgehead atoms. The van der Waals surface area contributed by atoms with E-state index in [-0.39, 0.29) is 0 Å². The average Bonchev–Trinajstić information content (AvgIpc) is 3.38. The number of allylic oxidation sites excluding steroid dienone is 10. The Balaban J connectivity index is 1.61. The van der Waals surface area contributed by atoms with Crippen LogP contribution in [0.1, 0.15) is 87.6 Å². The zero-order valence-corrected chi connectivity index (χ0v) is 23.5. The number of rotatable bonds is 7. The van der Waals surface area contributed by atoms with Gasteiger partial charge in [0.15, 0.2) is 0 Å². The van der Waals surface area contributed by atoms with Gasteiger partial charge in [-0.2, -0.15) is 0 Å². The number of hydrogen-bond donors (Lipinski definition) is 0. The Hall–Kier alpha value is -3.12. The molecule has 2 unspecified atom stereocenters. The Kier molecular flexibility index (Phi) is 7.13. The summed E-state index contributed by atoms with van der Waals surface area (Å²) in [7, 11) is 0. The van der Waals surface area contributed by atoms with Crippen molar-refractivity contribution in [1.82, 2.24) is 0 Å². The van der Waals surface area contributed by atoms with Gasteiger partial charge in [0, 0.05) is 11.8 Å². The summed E-state index contributed by atoms with van der Waals surface area (Å²) in [6, 6.07) is 16.2. The number of hydrogen-bond acceptors (Lipinski definition) is 0. The normalized spacial score (nSPS) is 22.0. The predicted molar refractivity (Wildman–Crippen MR) is 161 cm³/mol. The Labute approximate surface area is 224 Å². The van der Waals surface area contributed by atoms with Gasteiger partial charge < -0.3 is 0 Å². The van der Waals surface area contributed by atoms with Gasteiger partial charge in [-0.1, -0.05) is 112 Å². The van der Waals surface area contributed by atoms with Gasteiger partial charge >= 0.3 is 0 Å². The molecule has 190 valence electrons. The van der Waals surface area contributed by atoms with Crippen LogP contribution in [0, 0.1) is 5.92 Å². The molecular formula is C37H42. The second-order valence-electron chi connectivity index (χ2n) is 11.3. The molecule has 0 N–H and O–H groups in total. The molecule has 0 heteroatoms. The van der Waals surface area contributed by atoms with E-state index in [1.54, 1.807) is 0 Å². The van der Waals surface area contributed by atoms with Crippen molar-refractivity contribution in [3.63, 3.8) is 0 Å². The van der Waals surface area contributed by atoms with Gasteiger partial charge in [-0.25, -0.2) is 0 Å². The SMILES string of the molecule is C=C(CCC)C1=C(C)C=C2C/C(=C\C3=C(C)Cc4ccccc43)C(=C)C2C1c1ccc(CC)c(CC)c1. The van der Waals surface area contributed by atoms with E-state index in [2.05, 4.69) is 95.8 Å². The number of benzene rings is 2. The van der Waals surface area contributed by atoms with E-state index in [1.807, 2.05) is 0 Å². The van der Waals surface area contributed by atoms with E-state index in [9.17, 15) is 0 Å². The van der Waals surface area contributed by atoms with Gasteiger partial charge in [0.1, 0.15) is 0 Å². The summed E-state index contributed by atoms with van der Waals surface area (Å²) in [4.78, 5) is 0. The van der Waals surface area contributed by atoms with Crippen LogP contribution < -0.4 is 0 Å². The maximum absolute atomic E-state index is 4.78. The van der Waals surface area contributed by atoms with Gasteiger partial charge in [0.2, 0.25) is 0 Å². The van der Waals surface area contributed by atoms with Crippen molar-refractivity contribution < 1.29 is 0 Å². The van der Waals surface area contributed by atoms with Crippen molar-refractivity contribution in [3.8, 4) is 0 Å². The van der Waals surface area contributed by atoms with Crippen LogP contribution in [0.25, 0.3) is 5.57 Å². The smallest absolute Gasteiger partial charge is 0.0201 e. The molecule has 3 aliphatic rings. The van der Waals surface area contributed by atoms with Crippen LogP contribution in [-0.4, -0.2) is 0 Å². The number of aryl methyl sites for hydroxylation is 2. The van der Waals surface area contributed by atoms with E-state index < -0.39 is 0 Å². The summed E-state index contributed by atoms with van der Waals surface area (Å²) in [5.74, 6) is 0.605. The third kappa shape index (κ3) is 4.46. The molecule has 0 radical (unpaired) electrons. The van der Waals surface area contributed by atoms with Crippen LogP contribution in [0.5, 0.6) is 0 Å². The van der Waals surface area contributed by atoms with E-state index in [1.165, 1.54) is 72.4 Å². The molecular weight excluding hydrogens is 444 g/mol. The zero-order chi connectivity index (χ0) is 26.3. The minimum Gasteiger partial charge on any atom is -0.0955 e. The van der Waals surface area contributed by atoms with Gasteiger partial charge in [-0.05, 0) is 102 Å². The largest absolute Gasteiger partial charge is 0.0955 e. The van der Waals surface area contributed by atoms with Crippen molar-refractivity contribution in [2.24, 2.45) is 5.92 Å². The van der Waals surface area contributed by atoms with Crippen molar-refractivity contribution in [2.45, 2.75) is 79.1 Å². The van der Waals surface area contributed by atoms with Gasteiger partial charge in [-0.15, -0.1) is 0 Å². The van der Waals surface area contributed by atoms with Crippen molar-refractivity contribution in [1.29, 1.82) is 0 Å². The molecule has 37 heavy (non-hydrogen) atoms. The maximum Gasteiger partial charge on any atom is 0.0201 e. The Bertz CT molecular complexity index is 1400. The lowest BCUT2D eigenvalue weighted by Crippen LogP contribution is -2.21. The van der Waals surface area contributed by atoms with Crippen LogP contribution >= 0.6 is 0 Å². The van der Waals surface area contributed by atoms with Crippen LogP contribution in [0.15, 0.2) is 107 Å². The maximum atomic E-state index is 4.78. The zero-order valence-electron chi connectivity index (χ0n) is 23.5. The highest BCUT2D eigenvalue weighted by molar-refractivity contribution is 5.84. The van der Waals surface area contributed by atoms with E-state index in [0.29, 0.717) is 11.8 Å². The van der Waals surface area contributed by atoms with Gasteiger partial charge in [0.05, 0.1) is 0 Å². The number of fused-ring (bicyclic) bond motifs is 2. The minimum absolute atomic E-state index is 0.291. The monoisotopic (exact) mass is 486 g/mol. The van der Waals surface area contributed by atoms with Crippen LogP contribution in [0.3, 0.4) is 0 Å². The van der Waals surface area contributed by atoms with Crippen LogP contribution in [-0.2, 0) is 19.3 Å². The summed E-state index contributed by atoms with van der Waals surface area (Å²) < 4.78 is 0. The molecule has 3 aliphatic carbocycles. The fourth-order valence-corrected chi connectivity index (χ4v) is 7.07. The Morgan fingerprint density at radius 2 is 1.70 bits per heavy atom. The highest BCUT2D eigenvalue weighted by atomic mass is 14.4. The van der Waals surface area contributed by atoms with Crippen LogP contribution in [0.4, 0.5) is 0 Å². The lowest BCUT2D eigenvalue weighted by Gasteiger charge is -2.35. The molecule has 0 aromatic heterocycles. The fourth-order valence-electron chi connectivity index (χ4n) is 7.07. The third-order valence-electron chi connectivity index (χ3n) is 8.88. The highest BCUT2D eigenvalue weighted by Crippen LogP contribution is 2.55. The Morgan fingerprint density at radius 1 is 0.946 bits per heavy atom. The molecule has 2 atom stereocenters. The van der Waals surface area contributed by atoms with Crippen molar-refractivity contribution in [3.05, 3.63) is 135 Å². The summed E-state index contributed by atoms with van der Waals surface area (Å²) in [6.45, 7) is 20.8. The lowest BCUT2D eigenvalue weighted by atomic mass is 9.68. The van der Waals surface area contributed by atoms with Gasteiger partial charge in [0.25, 0.3) is 0 Å². The molecule has 0 saturated heterocycles. The topological polar surface area (TPSA) is 0 Å². The van der Waals surface area contributed by atoms with Crippen LogP contribution in [0.2, 0.25) is 0 Å². The second-order valence-corrected chi connectivity index (χ2v) is 11.3. The summed E-state index contributed by atoms with van der Waals surface area (Å²) in [6.07, 6.45) is 11.3. The molecule has 1 saturated carbocycles. The summed E-state index contributed by atoms with van der Waals surface area (Å²) >= 11 is 0. The first-order valence-corrected chi connectivity index (χ1v) is 14.3. The third-order valence-corrected chi connectivity index (χ3v) is 8.88. The molecule has 0 aliphatic heterocycles. The van der Waals surface area contributed by atoms with E-state index >= 15 is 0 Å². The van der Waals surface area contributed by atoms with E-state index in [4.69, 9.17) is 6.58 Å². The molecule has 2 aromatic rings. The lowest BCUT2D eigenvalue weighted by molar-refractivity contribution is 0.618. The first kappa shape index (κ1) is 25.5. The minimum atomic E-state index is 0.291. The van der Waals surface area contributed by atoms with Crippen molar-refractivity contribution in [2.75, 3.05) is 0 Å². The molecule has 0 nitrogen and oxygen atoms in total. The molecule has 5 rings (SSSR count). The van der Waals surface area contributed by atoms with Gasteiger partial charge in [-0.3, -0.25) is 0 Å². The van der Waals surface area contributed by atoms with Crippen molar-refractivity contribution >= 4 is 5.57 Å². The quantitative estimate of drug-likeness (QED) is 0.365. The molecule has 2 aromatic carbocycles. The first-order chi connectivity index (χ1) is 17.9. The average molecular weight is 487 g/mol. The predicted octanol–water partition coefficient (Wildman–Crippen LogP) is 10.0. The first-order valence-electron chi connectivity index (χ1n) is 14.3. The molecule has 1 fully saturated rings. The highest BCUT2D eigenvalue weighted by Gasteiger charge is 2.41. The van der Waals surface area contributed by atoms with E-state index in [0.717, 1.165) is 38.5 Å². The second kappa shape index (κ2) is 10.3. The molecule has 0 heterocycles. The summed E-state index contributed by atoms with van der Waals surface area (Å²) in [5.41, 5.74) is 18.5.